The number of hydrogen-bond acceptors (Lipinski definition) is 4. The SMILES string of the molecule is COCCOCc1cccc(NC(=O)C(CN)C(C)C)c1. The third kappa shape index (κ3) is 6.25. The molecule has 0 saturated carbocycles. The number of anilines is 1. The quantitative estimate of drug-likeness (QED) is 0.683. The van der Waals surface area contributed by atoms with Crippen LogP contribution in [0.1, 0.15) is 19.4 Å². The highest BCUT2D eigenvalue weighted by molar-refractivity contribution is 5.92. The maximum Gasteiger partial charge on any atom is 0.229 e. The van der Waals surface area contributed by atoms with Gasteiger partial charge in [-0.2, -0.15) is 0 Å². The molecule has 0 aliphatic carbocycles. The lowest BCUT2D eigenvalue weighted by Crippen LogP contribution is -2.33. The summed E-state index contributed by atoms with van der Waals surface area (Å²) in [7, 11) is 1.64. The van der Waals surface area contributed by atoms with E-state index < -0.39 is 0 Å². The molecular weight excluding hydrogens is 268 g/mol. The molecule has 3 N–H and O–H groups in total. The lowest BCUT2D eigenvalue weighted by atomic mass is 9.95. The summed E-state index contributed by atoms with van der Waals surface area (Å²) in [6.45, 7) is 5.97. The normalized spacial score (nSPS) is 12.4. The first-order valence-electron chi connectivity index (χ1n) is 7.25. The van der Waals surface area contributed by atoms with Gasteiger partial charge in [0.1, 0.15) is 0 Å². The fourth-order valence-corrected chi connectivity index (χ4v) is 1.99. The topological polar surface area (TPSA) is 73.6 Å². The molecule has 0 spiro atoms. The molecule has 5 heteroatoms. The van der Waals surface area contributed by atoms with Gasteiger partial charge in [-0.3, -0.25) is 4.79 Å². The molecule has 0 heterocycles. The number of carbonyl (C=O) groups excluding carboxylic acids is 1. The van der Waals surface area contributed by atoms with Gasteiger partial charge in [0.2, 0.25) is 5.91 Å². The van der Waals surface area contributed by atoms with Crippen molar-refractivity contribution in [1.82, 2.24) is 0 Å². The van der Waals surface area contributed by atoms with Crippen LogP contribution in [0.5, 0.6) is 0 Å². The number of nitrogens with two attached hydrogens (primary N) is 1. The first-order chi connectivity index (χ1) is 10.1. The lowest BCUT2D eigenvalue weighted by molar-refractivity contribution is -0.120. The predicted molar refractivity (Wildman–Crippen MR) is 84.0 cm³/mol. The van der Waals surface area contributed by atoms with Crippen LogP contribution in [0, 0.1) is 11.8 Å². The Kier molecular flexibility index (Phi) is 7.97. The molecule has 0 bridgehead atoms. The number of carbonyl (C=O) groups is 1. The van der Waals surface area contributed by atoms with Crippen molar-refractivity contribution in [3.63, 3.8) is 0 Å². The molecule has 0 radical (unpaired) electrons. The van der Waals surface area contributed by atoms with E-state index in [9.17, 15) is 4.79 Å². The second kappa shape index (κ2) is 9.50. The van der Waals surface area contributed by atoms with E-state index >= 15 is 0 Å². The Labute approximate surface area is 126 Å². The van der Waals surface area contributed by atoms with Crippen LogP contribution in [0.25, 0.3) is 0 Å². The number of benzene rings is 1. The fourth-order valence-electron chi connectivity index (χ4n) is 1.99. The summed E-state index contributed by atoms with van der Waals surface area (Å²) in [5.74, 6) is 0.00659. The number of ether oxygens (including phenoxy) is 2. The Morgan fingerprint density at radius 3 is 2.71 bits per heavy atom. The highest BCUT2D eigenvalue weighted by atomic mass is 16.5. The van der Waals surface area contributed by atoms with E-state index in [-0.39, 0.29) is 17.7 Å². The minimum absolute atomic E-state index is 0.0371. The zero-order valence-electron chi connectivity index (χ0n) is 13.1. The molecule has 0 fully saturated rings. The Balaban J connectivity index is 2.57. The molecule has 1 aromatic carbocycles. The number of nitrogens with one attached hydrogen (secondary N) is 1. The number of amides is 1. The minimum Gasteiger partial charge on any atom is -0.382 e. The first kappa shape index (κ1) is 17.6. The second-order valence-electron chi connectivity index (χ2n) is 5.32. The van der Waals surface area contributed by atoms with Gasteiger partial charge in [0.15, 0.2) is 0 Å². The second-order valence-corrected chi connectivity index (χ2v) is 5.32. The van der Waals surface area contributed by atoms with E-state index in [4.69, 9.17) is 15.2 Å². The molecule has 21 heavy (non-hydrogen) atoms. The summed E-state index contributed by atoms with van der Waals surface area (Å²) in [5, 5.41) is 2.92. The van der Waals surface area contributed by atoms with Crippen LogP contribution in [-0.2, 0) is 20.9 Å². The smallest absolute Gasteiger partial charge is 0.229 e. The molecule has 5 nitrogen and oxygen atoms in total. The fraction of sp³-hybridized carbons (Fsp3) is 0.562. The number of hydrogen-bond donors (Lipinski definition) is 2. The van der Waals surface area contributed by atoms with Crippen LogP contribution >= 0.6 is 0 Å². The van der Waals surface area contributed by atoms with Crippen LogP contribution in [0.3, 0.4) is 0 Å². The molecule has 1 atom stereocenters. The molecule has 0 aromatic heterocycles. The van der Waals surface area contributed by atoms with Gasteiger partial charge in [-0.25, -0.2) is 0 Å². The Bertz CT molecular complexity index is 435. The van der Waals surface area contributed by atoms with Gasteiger partial charge in [-0.1, -0.05) is 26.0 Å². The molecule has 0 saturated heterocycles. The van der Waals surface area contributed by atoms with Crippen molar-refractivity contribution < 1.29 is 14.3 Å². The molecule has 1 amide bonds. The largest absolute Gasteiger partial charge is 0.382 e. The molecule has 118 valence electrons. The maximum atomic E-state index is 12.2. The van der Waals surface area contributed by atoms with Gasteiger partial charge in [0, 0.05) is 19.3 Å². The van der Waals surface area contributed by atoms with Crippen molar-refractivity contribution >= 4 is 11.6 Å². The summed E-state index contributed by atoms with van der Waals surface area (Å²) >= 11 is 0. The summed E-state index contributed by atoms with van der Waals surface area (Å²) < 4.78 is 10.4. The summed E-state index contributed by atoms with van der Waals surface area (Å²) in [6.07, 6.45) is 0. The zero-order valence-corrected chi connectivity index (χ0v) is 13.1. The van der Waals surface area contributed by atoms with Crippen molar-refractivity contribution in [2.75, 3.05) is 32.2 Å². The van der Waals surface area contributed by atoms with Gasteiger partial charge in [-0.05, 0) is 23.6 Å². The van der Waals surface area contributed by atoms with E-state index in [1.54, 1.807) is 7.11 Å². The highest BCUT2D eigenvalue weighted by Gasteiger charge is 2.20. The predicted octanol–water partition coefficient (Wildman–Crippen LogP) is 2.02. The Morgan fingerprint density at radius 2 is 2.10 bits per heavy atom. The minimum atomic E-state index is -0.174. The summed E-state index contributed by atoms with van der Waals surface area (Å²) in [6, 6.07) is 7.64. The van der Waals surface area contributed by atoms with Crippen molar-refractivity contribution in [2.24, 2.45) is 17.6 Å². The van der Waals surface area contributed by atoms with Gasteiger partial charge in [-0.15, -0.1) is 0 Å². The van der Waals surface area contributed by atoms with Crippen LogP contribution in [0.2, 0.25) is 0 Å². The maximum absolute atomic E-state index is 12.2. The average molecular weight is 294 g/mol. The molecule has 0 aliphatic heterocycles. The van der Waals surface area contributed by atoms with E-state index in [0.29, 0.717) is 26.4 Å². The van der Waals surface area contributed by atoms with Crippen molar-refractivity contribution in [2.45, 2.75) is 20.5 Å². The van der Waals surface area contributed by atoms with Gasteiger partial charge in [0.05, 0.1) is 25.7 Å². The van der Waals surface area contributed by atoms with Gasteiger partial charge in [0.25, 0.3) is 0 Å². The molecule has 1 unspecified atom stereocenters. The average Bonchev–Trinajstić information content (AvgIpc) is 2.44. The summed E-state index contributed by atoms with van der Waals surface area (Å²) in [5.41, 5.74) is 7.44. The zero-order chi connectivity index (χ0) is 15.7. The highest BCUT2D eigenvalue weighted by Crippen LogP contribution is 2.16. The van der Waals surface area contributed by atoms with Gasteiger partial charge < -0.3 is 20.5 Å². The van der Waals surface area contributed by atoms with E-state index in [0.717, 1.165) is 11.3 Å². The summed E-state index contributed by atoms with van der Waals surface area (Å²) in [4.78, 5) is 12.2. The van der Waals surface area contributed by atoms with Crippen LogP contribution in [0.15, 0.2) is 24.3 Å². The van der Waals surface area contributed by atoms with Crippen LogP contribution in [0.4, 0.5) is 5.69 Å². The first-order valence-corrected chi connectivity index (χ1v) is 7.25. The number of methoxy groups -OCH3 is 1. The third-order valence-corrected chi connectivity index (χ3v) is 3.29. The lowest BCUT2D eigenvalue weighted by Gasteiger charge is -2.18. The van der Waals surface area contributed by atoms with E-state index in [1.165, 1.54) is 0 Å². The standard InChI is InChI=1S/C16H26N2O3/c1-12(2)15(10-17)16(19)18-14-6-4-5-13(9-14)11-21-8-7-20-3/h4-6,9,12,15H,7-8,10-11,17H2,1-3H3,(H,18,19). The van der Waals surface area contributed by atoms with E-state index in [1.807, 2.05) is 38.1 Å². The van der Waals surface area contributed by atoms with Crippen molar-refractivity contribution in [1.29, 1.82) is 0 Å². The van der Waals surface area contributed by atoms with Crippen LogP contribution < -0.4 is 11.1 Å². The Hall–Kier alpha value is -1.43. The van der Waals surface area contributed by atoms with Gasteiger partial charge >= 0.3 is 0 Å². The molecular formula is C16H26N2O3. The molecule has 0 aliphatic rings. The van der Waals surface area contributed by atoms with Crippen molar-refractivity contribution in [3.05, 3.63) is 29.8 Å². The molecule has 1 aromatic rings. The molecule has 1 rings (SSSR count). The third-order valence-electron chi connectivity index (χ3n) is 3.29. The van der Waals surface area contributed by atoms with E-state index in [2.05, 4.69) is 5.32 Å². The Morgan fingerprint density at radius 1 is 1.33 bits per heavy atom. The van der Waals surface area contributed by atoms with Crippen LogP contribution in [-0.4, -0.2) is 32.8 Å². The van der Waals surface area contributed by atoms with Crippen molar-refractivity contribution in [3.8, 4) is 0 Å². The number of rotatable bonds is 9. The monoisotopic (exact) mass is 294 g/mol.